The normalized spacial score (nSPS) is 18.5. The predicted molar refractivity (Wildman–Crippen MR) is 74.2 cm³/mol. The Kier molecular flexibility index (Phi) is 7.42. The number of hydrogen-bond donors (Lipinski definition) is 1. The molecule has 0 amide bonds. The van der Waals surface area contributed by atoms with Gasteiger partial charge < -0.3 is 19.3 Å². The molecule has 1 heterocycles. The maximum atomic E-state index is 12.1. The lowest BCUT2D eigenvalue weighted by atomic mass is 10.5. The molecule has 0 spiro atoms. The second kappa shape index (κ2) is 8.56. The zero-order valence-electron chi connectivity index (χ0n) is 12.2. The summed E-state index contributed by atoms with van der Waals surface area (Å²) in [4.78, 5) is 3.90. The summed E-state index contributed by atoms with van der Waals surface area (Å²) in [6, 6.07) is 0. The van der Waals surface area contributed by atoms with Gasteiger partial charge in [-0.25, -0.2) is 15.1 Å². The smallest absolute Gasteiger partial charge is 0.383 e. The number of hydrogen-bond acceptors (Lipinski definition) is 6. The van der Waals surface area contributed by atoms with E-state index in [1.54, 1.807) is 14.2 Å². The van der Waals surface area contributed by atoms with Gasteiger partial charge in [-0.05, 0) is 0 Å². The molecule has 1 fully saturated rings. The van der Waals surface area contributed by atoms with E-state index < -0.39 is 7.75 Å². The topological polar surface area (TPSA) is 98.8 Å². The van der Waals surface area contributed by atoms with Crippen molar-refractivity contribution >= 4 is 13.7 Å². The minimum absolute atomic E-state index is 0.523. The average Bonchev–Trinajstić information content (AvgIpc) is 2.84. The molecule has 0 aromatic rings. The Balaban J connectivity index is 2.88. The van der Waals surface area contributed by atoms with Crippen LogP contribution in [0.3, 0.4) is 0 Å². The van der Waals surface area contributed by atoms with Crippen LogP contribution in [0.5, 0.6) is 0 Å². The van der Waals surface area contributed by atoms with E-state index in [4.69, 9.17) is 19.9 Å². The average molecular weight is 310 g/mol. The number of ether oxygens (including phenoxy) is 2. The molecular formula is C10H23N4O5P. The van der Waals surface area contributed by atoms with Crippen molar-refractivity contribution in [1.29, 1.82) is 0 Å². The maximum absolute atomic E-state index is 12.1. The van der Waals surface area contributed by atoms with E-state index in [2.05, 4.69) is 9.39 Å². The van der Waals surface area contributed by atoms with Crippen molar-refractivity contribution in [1.82, 2.24) is 9.80 Å². The van der Waals surface area contributed by atoms with Gasteiger partial charge >= 0.3 is 7.75 Å². The highest BCUT2D eigenvalue weighted by Crippen LogP contribution is 2.47. The molecule has 1 aliphatic heterocycles. The third kappa shape index (κ3) is 4.69. The molecular weight excluding hydrogens is 287 g/mol. The number of nitrogens with two attached hydrogens (primary N) is 1. The van der Waals surface area contributed by atoms with Crippen molar-refractivity contribution in [3.63, 3.8) is 0 Å². The van der Waals surface area contributed by atoms with Crippen molar-refractivity contribution in [3.05, 3.63) is 0 Å². The molecule has 118 valence electrons. The summed E-state index contributed by atoms with van der Waals surface area (Å²) in [5.41, 5.74) is 0. The van der Waals surface area contributed by atoms with Crippen molar-refractivity contribution in [2.75, 3.05) is 60.7 Å². The first-order valence-electron chi connectivity index (χ1n) is 6.22. The lowest BCUT2D eigenvalue weighted by molar-refractivity contribution is 0.176. The van der Waals surface area contributed by atoms with Gasteiger partial charge in [-0.3, -0.25) is 4.52 Å². The standard InChI is InChI=1S/C10H23N4O5P/c1-16-8-6-13-4-5-14(7-9-17-2)10(13)12-20(15,18-3)19-11/h4-9,11H2,1-3H3. The van der Waals surface area contributed by atoms with E-state index in [0.29, 0.717) is 32.3 Å². The summed E-state index contributed by atoms with van der Waals surface area (Å²) < 4.78 is 35.4. The van der Waals surface area contributed by atoms with Crippen LogP contribution in [0.4, 0.5) is 0 Å². The Labute approximate surface area is 119 Å². The molecule has 1 rings (SSSR count). The maximum Gasteiger partial charge on any atom is 0.473 e. The summed E-state index contributed by atoms with van der Waals surface area (Å²) in [6.07, 6.45) is 0. The van der Waals surface area contributed by atoms with Crippen molar-refractivity contribution in [3.8, 4) is 0 Å². The zero-order valence-corrected chi connectivity index (χ0v) is 13.0. The molecule has 0 aromatic heterocycles. The van der Waals surface area contributed by atoms with Crippen molar-refractivity contribution in [2.45, 2.75) is 0 Å². The molecule has 0 radical (unpaired) electrons. The Hall–Kier alpha value is -0.700. The van der Waals surface area contributed by atoms with Gasteiger partial charge in [0.1, 0.15) is 0 Å². The molecule has 0 aliphatic carbocycles. The molecule has 0 bridgehead atoms. The van der Waals surface area contributed by atoms with Gasteiger partial charge in [0.2, 0.25) is 5.96 Å². The Morgan fingerprint density at radius 1 is 1.15 bits per heavy atom. The third-order valence-electron chi connectivity index (χ3n) is 2.91. The lowest BCUT2D eigenvalue weighted by Crippen LogP contribution is -2.37. The molecule has 1 atom stereocenters. The van der Waals surface area contributed by atoms with Gasteiger partial charge in [0.05, 0.1) is 13.2 Å². The Morgan fingerprint density at radius 3 is 2.00 bits per heavy atom. The monoisotopic (exact) mass is 310 g/mol. The molecule has 1 aliphatic rings. The molecule has 20 heavy (non-hydrogen) atoms. The van der Waals surface area contributed by atoms with Gasteiger partial charge in [0, 0.05) is 47.5 Å². The van der Waals surface area contributed by atoms with E-state index in [9.17, 15) is 4.57 Å². The summed E-state index contributed by atoms with van der Waals surface area (Å²) in [7, 11) is 0.820. The van der Waals surface area contributed by atoms with Gasteiger partial charge in [-0.2, -0.15) is 0 Å². The summed E-state index contributed by atoms with van der Waals surface area (Å²) in [5, 5.41) is 0. The Morgan fingerprint density at radius 2 is 1.65 bits per heavy atom. The third-order valence-corrected chi connectivity index (χ3v) is 4.06. The molecule has 1 unspecified atom stereocenters. The predicted octanol–water partition coefficient (Wildman–Crippen LogP) is -0.102. The van der Waals surface area contributed by atoms with Crippen LogP contribution < -0.4 is 5.90 Å². The van der Waals surface area contributed by atoms with E-state index >= 15 is 0 Å². The first-order chi connectivity index (χ1) is 9.60. The lowest BCUT2D eigenvalue weighted by Gasteiger charge is -2.23. The molecule has 10 heteroatoms. The second-order valence-electron chi connectivity index (χ2n) is 4.12. The van der Waals surface area contributed by atoms with Crippen LogP contribution in [0.25, 0.3) is 0 Å². The van der Waals surface area contributed by atoms with Gasteiger partial charge in [0.15, 0.2) is 0 Å². The van der Waals surface area contributed by atoms with E-state index in [1.807, 2.05) is 9.80 Å². The van der Waals surface area contributed by atoms with Gasteiger partial charge in [-0.15, -0.1) is 4.76 Å². The number of rotatable bonds is 9. The van der Waals surface area contributed by atoms with Crippen LogP contribution in [0.2, 0.25) is 0 Å². The highest BCUT2D eigenvalue weighted by atomic mass is 31.2. The summed E-state index contributed by atoms with van der Waals surface area (Å²) in [5.74, 6) is 5.53. The van der Waals surface area contributed by atoms with Crippen LogP contribution in [0, 0.1) is 0 Å². The largest absolute Gasteiger partial charge is 0.473 e. The molecule has 0 saturated carbocycles. The number of guanidine groups is 1. The first kappa shape index (κ1) is 17.4. The number of nitrogens with zero attached hydrogens (tertiary/aromatic N) is 3. The highest BCUT2D eigenvalue weighted by molar-refractivity contribution is 7.52. The zero-order chi connectivity index (χ0) is 15.0. The van der Waals surface area contributed by atoms with Crippen molar-refractivity contribution in [2.24, 2.45) is 10.7 Å². The van der Waals surface area contributed by atoms with E-state index in [1.165, 1.54) is 7.11 Å². The molecule has 9 nitrogen and oxygen atoms in total. The van der Waals surface area contributed by atoms with Gasteiger partial charge in [0.25, 0.3) is 0 Å². The van der Waals surface area contributed by atoms with Crippen LogP contribution in [-0.2, 0) is 23.2 Å². The molecule has 2 N–H and O–H groups in total. The molecule has 1 saturated heterocycles. The SMILES string of the molecule is COCCN1CCN(CCOC)C1=NP(=O)(OC)ON. The van der Waals surface area contributed by atoms with Gasteiger partial charge in [-0.1, -0.05) is 0 Å². The van der Waals surface area contributed by atoms with Crippen LogP contribution >= 0.6 is 7.75 Å². The van der Waals surface area contributed by atoms with Crippen LogP contribution in [0.15, 0.2) is 4.76 Å². The quantitative estimate of drug-likeness (QED) is 0.465. The second-order valence-corrected chi connectivity index (χ2v) is 5.83. The number of methoxy groups -OCH3 is 2. The minimum atomic E-state index is -3.67. The highest BCUT2D eigenvalue weighted by Gasteiger charge is 2.31. The first-order valence-corrected chi connectivity index (χ1v) is 7.72. The minimum Gasteiger partial charge on any atom is -0.383 e. The summed E-state index contributed by atoms with van der Waals surface area (Å²) in [6.45, 7) is 3.84. The summed E-state index contributed by atoms with van der Waals surface area (Å²) >= 11 is 0. The fraction of sp³-hybridized carbons (Fsp3) is 0.900. The fourth-order valence-corrected chi connectivity index (χ4v) is 2.50. The molecule has 0 aromatic carbocycles. The van der Waals surface area contributed by atoms with E-state index in [0.717, 1.165) is 13.1 Å². The Bertz CT molecular complexity index is 342. The van der Waals surface area contributed by atoms with Crippen LogP contribution in [-0.4, -0.2) is 76.5 Å². The van der Waals surface area contributed by atoms with E-state index in [-0.39, 0.29) is 0 Å². The van der Waals surface area contributed by atoms with Crippen LogP contribution in [0.1, 0.15) is 0 Å². The van der Waals surface area contributed by atoms with Crippen molar-refractivity contribution < 1.29 is 23.2 Å². The fourth-order valence-electron chi connectivity index (χ4n) is 1.81.